The van der Waals surface area contributed by atoms with Crippen molar-refractivity contribution in [3.8, 4) is 0 Å². The van der Waals surface area contributed by atoms with Crippen LogP contribution in [0.15, 0.2) is 0 Å². The summed E-state index contributed by atoms with van der Waals surface area (Å²) in [5.74, 6) is -1.85. The molecule has 0 atom stereocenters. The molecule has 0 rings (SSSR count). The quantitative estimate of drug-likeness (QED) is 0.494. The van der Waals surface area contributed by atoms with E-state index in [1.165, 1.54) is 0 Å². The molecule has 0 saturated carbocycles. The Bertz CT molecular complexity index is 123. The van der Waals surface area contributed by atoms with Gasteiger partial charge in [0, 0.05) is 18.6 Å². The van der Waals surface area contributed by atoms with E-state index in [1.807, 2.05) is 0 Å². The van der Waals surface area contributed by atoms with E-state index in [-0.39, 0.29) is 25.2 Å². The molecule has 1 radical (unpaired) electrons. The maximum absolute atomic E-state index is 10.3. The van der Waals surface area contributed by atoms with E-state index >= 15 is 0 Å². The van der Waals surface area contributed by atoms with Crippen molar-refractivity contribution < 1.29 is 38.0 Å². The number of carboxylic acids is 1. The molecule has 0 aromatic heterocycles. The van der Waals surface area contributed by atoms with Gasteiger partial charge in [0.15, 0.2) is 0 Å². The normalized spacial score (nSPS) is 7.70. The van der Waals surface area contributed by atoms with Gasteiger partial charge in [0.05, 0.1) is 6.61 Å². The zero-order valence-corrected chi connectivity index (χ0v) is 6.93. The molecule has 0 aromatic rings. The molecule has 0 unspecified atom stereocenters. The molecule has 0 heterocycles. The van der Waals surface area contributed by atoms with Crippen molar-refractivity contribution in [1.29, 1.82) is 0 Å². The van der Waals surface area contributed by atoms with Crippen molar-refractivity contribution in [2.45, 2.75) is 13.3 Å². The van der Waals surface area contributed by atoms with Crippen molar-refractivity contribution in [3.63, 3.8) is 0 Å². The maximum atomic E-state index is 10.3. The second-order valence-corrected chi connectivity index (χ2v) is 1.38. The van der Waals surface area contributed by atoms with E-state index < -0.39 is 18.4 Å². The number of aliphatic carboxylic acids is 1. The summed E-state index contributed by atoms with van der Waals surface area (Å²) < 4.78 is 4.33. The topological polar surface area (TPSA) is 63.6 Å². The van der Waals surface area contributed by atoms with Gasteiger partial charge < -0.3 is 9.84 Å². The Kier molecular flexibility index (Phi) is 8.12. The molecule has 1 N–H and O–H groups in total. The van der Waals surface area contributed by atoms with E-state index in [2.05, 4.69) is 4.74 Å². The van der Waals surface area contributed by atoms with E-state index in [9.17, 15) is 9.59 Å². The first-order valence-electron chi connectivity index (χ1n) is 2.54. The van der Waals surface area contributed by atoms with Crippen molar-refractivity contribution in [3.05, 3.63) is 0 Å². The van der Waals surface area contributed by atoms with Gasteiger partial charge in [-0.15, -0.1) is 0 Å². The number of carboxylic acid groups (broad SMARTS) is 1. The number of hydrogen-bond donors (Lipinski definition) is 1. The Balaban J connectivity index is 0. The van der Waals surface area contributed by atoms with Gasteiger partial charge in [-0.05, 0) is 6.92 Å². The van der Waals surface area contributed by atoms with Crippen LogP contribution >= 0.6 is 0 Å². The summed E-state index contributed by atoms with van der Waals surface area (Å²) in [6.45, 7) is 1.85. The number of esters is 1. The SMILES string of the molecule is CCOC(=O)CC(=O)O.[V]. The Morgan fingerprint density at radius 3 is 2.30 bits per heavy atom. The number of ether oxygens (including phenoxy) is 1. The predicted octanol–water partition coefficient (Wildman–Crippen LogP) is 0.0217. The van der Waals surface area contributed by atoms with Gasteiger partial charge in [-0.2, -0.15) is 0 Å². The molecule has 57 valence electrons. The molecule has 0 bridgehead atoms. The Labute approximate surface area is 70.4 Å². The summed E-state index contributed by atoms with van der Waals surface area (Å²) in [5.41, 5.74) is 0. The van der Waals surface area contributed by atoms with Crippen LogP contribution < -0.4 is 0 Å². The second-order valence-electron chi connectivity index (χ2n) is 1.38. The summed E-state index contributed by atoms with van der Waals surface area (Å²) in [5, 5.41) is 8.01. The average molecular weight is 183 g/mol. The molecule has 0 saturated heterocycles. The minimum atomic E-state index is -1.16. The van der Waals surface area contributed by atoms with Crippen molar-refractivity contribution in [2.24, 2.45) is 0 Å². The average Bonchev–Trinajstić information content (AvgIpc) is 1.63. The third-order valence-corrected chi connectivity index (χ3v) is 0.601. The number of carbonyl (C=O) groups excluding carboxylic acids is 1. The monoisotopic (exact) mass is 183 g/mol. The summed E-state index contributed by atoms with van der Waals surface area (Å²) in [6, 6.07) is 0. The summed E-state index contributed by atoms with van der Waals surface area (Å²) in [6.07, 6.45) is -0.548. The molecule has 0 amide bonds. The minimum Gasteiger partial charge on any atom is -0.481 e. The third-order valence-electron chi connectivity index (χ3n) is 0.601. The van der Waals surface area contributed by atoms with Crippen LogP contribution in [0.3, 0.4) is 0 Å². The first kappa shape index (κ1) is 12.2. The number of hydrogen-bond acceptors (Lipinski definition) is 3. The molecule has 0 aliphatic carbocycles. The van der Waals surface area contributed by atoms with Crippen LogP contribution in [0, 0.1) is 0 Å². The smallest absolute Gasteiger partial charge is 0.317 e. The summed E-state index contributed by atoms with van der Waals surface area (Å²) in [4.78, 5) is 20.0. The van der Waals surface area contributed by atoms with E-state index in [1.54, 1.807) is 6.92 Å². The molecule has 0 aliphatic rings. The van der Waals surface area contributed by atoms with Gasteiger partial charge in [-0.25, -0.2) is 0 Å². The summed E-state index contributed by atoms with van der Waals surface area (Å²) >= 11 is 0. The number of rotatable bonds is 3. The molecule has 0 aromatic carbocycles. The van der Waals surface area contributed by atoms with E-state index in [4.69, 9.17) is 5.11 Å². The molecule has 0 spiro atoms. The fourth-order valence-electron chi connectivity index (χ4n) is 0.335. The second kappa shape index (κ2) is 6.64. The Morgan fingerprint density at radius 2 is 2.00 bits per heavy atom. The number of carbonyl (C=O) groups is 2. The first-order valence-corrected chi connectivity index (χ1v) is 2.54. The fourth-order valence-corrected chi connectivity index (χ4v) is 0.335. The van der Waals surface area contributed by atoms with Gasteiger partial charge in [0.1, 0.15) is 6.42 Å². The Hall–Kier alpha value is -0.476. The van der Waals surface area contributed by atoms with Gasteiger partial charge >= 0.3 is 11.9 Å². The molecule has 5 heteroatoms. The van der Waals surface area contributed by atoms with Crippen LogP contribution in [0.2, 0.25) is 0 Å². The van der Waals surface area contributed by atoms with E-state index in [0.717, 1.165) is 0 Å². The summed E-state index contributed by atoms with van der Waals surface area (Å²) in [7, 11) is 0. The van der Waals surface area contributed by atoms with Crippen molar-refractivity contribution >= 4 is 11.9 Å². The molecule has 0 fully saturated rings. The van der Waals surface area contributed by atoms with Crippen molar-refractivity contribution in [1.82, 2.24) is 0 Å². The van der Waals surface area contributed by atoms with Crippen LogP contribution in [0.25, 0.3) is 0 Å². The minimum absolute atomic E-state index is 0. The van der Waals surface area contributed by atoms with Crippen LogP contribution in [0.4, 0.5) is 0 Å². The standard InChI is InChI=1S/C5H8O4.V/c1-2-9-5(8)3-4(6)7;/h2-3H2,1H3,(H,6,7);. The van der Waals surface area contributed by atoms with Gasteiger partial charge in [-0.1, -0.05) is 0 Å². The van der Waals surface area contributed by atoms with Gasteiger partial charge in [-0.3, -0.25) is 9.59 Å². The van der Waals surface area contributed by atoms with Crippen LogP contribution in [-0.4, -0.2) is 23.7 Å². The molecule has 10 heavy (non-hydrogen) atoms. The van der Waals surface area contributed by atoms with Gasteiger partial charge in [0.25, 0.3) is 0 Å². The van der Waals surface area contributed by atoms with Gasteiger partial charge in [0.2, 0.25) is 0 Å². The van der Waals surface area contributed by atoms with Crippen molar-refractivity contribution in [2.75, 3.05) is 6.61 Å². The zero-order valence-electron chi connectivity index (χ0n) is 5.53. The largest absolute Gasteiger partial charge is 0.481 e. The van der Waals surface area contributed by atoms with Crippen LogP contribution in [0.5, 0.6) is 0 Å². The molecule has 0 aliphatic heterocycles. The molecule has 4 nitrogen and oxygen atoms in total. The van der Waals surface area contributed by atoms with Crippen LogP contribution in [0.1, 0.15) is 13.3 Å². The maximum Gasteiger partial charge on any atom is 0.317 e. The molecular weight excluding hydrogens is 175 g/mol. The molecular formula is C5H8O4V. The Morgan fingerprint density at radius 1 is 1.50 bits per heavy atom. The predicted molar refractivity (Wildman–Crippen MR) is 28.9 cm³/mol. The zero-order chi connectivity index (χ0) is 7.28. The fraction of sp³-hybridized carbons (Fsp3) is 0.600. The van der Waals surface area contributed by atoms with Crippen LogP contribution in [-0.2, 0) is 32.9 Å². The van der Waals surface area contributed by atoms with E-state index in [0.29, 0.717) is 0 Å². The first-order chi connectivity index (χ1) is 4.16. The third kappa shape index (κ3) is 7.52.